The van der Waals surface area contributed by atoms with Crippen LogP contribution < -0.4 is 5.73 Å². The molecule has 2 rings (SSSR count). The standard InChI is InChI=1S/C11H10BrN3O/c1-15-10(6-9(14-15)11(13)16)7-3-2-4-8(12)5-7/h2-6H,1H3,(H2,13,16). The van der Waals surface area contributed by atoms with Crippen molar-refractivity contribution in [2.45, 2.75) is 0 Å². The molecular formula is C11H10BrN3O. The lowest BCUT2D eigenvalue weighted by Crippen LogP contribution is -2.11. The molecule has 16 heavy (non-hydrogen) atoms. The van der Waals surface area contributed by atoms with Crippen LogP contribution in [0.15, 0.2) is 34.8 Å². The Hall–Kier alpha value is -1.62. The van der Waals surface area contributed by atoms with E-state index in [9.17, 15) is 4.79 Å². The smallest absolute Gasteiger partial charge is 0.269 e. The first-order valence-corrected chi connectivity index (χ1v) is 5.47. The SMILES string of the molecule is Cn1nc(C(N)=O)cc1-c1cccc(Br)c1. The Labute approximate surface area is 101 Å². The summed E-state index contributed by atoms with van der Waals surface area (Å²) in [6.07, 6.45) is 0. The topological polar surface area (TPSA) is 60.9 Å². The summed E-state index contributed by atoms with van der Waals surface area (Å²) in [4.78, 5) is 11.0. The first-order chi connectivity index (χ1) is 7.58. The Morgan fingerprint density at radius 1 is 1.44 bits per heavy atom. The summed E-state index contributed by atoms with van der Waals surface area (Å²) in [5.41, 5.74) is 7.30. The summed E-state index contributed by atoms with van der Waals surface area (Å²) in [6, 6.07) is 9.46. The van der Waals surface area contributed by atoms with Gasteiger partial charge in [-0.2, -0.15) is 5.10 Å². The van der Waals surface area contributed by atoms with Crippen molar-refractivity contribution in [1.82, 2.24) is 9.78 Å². The molecule has 82 valence electrons. The Morgan fingerprint density at radius 3 is 2.75 bits per heavy atom. The molecule has 0 atom stereocenters. The number of halogens is 1. The molecule has 0 aliphatic carbocycles. The zero-order valence-corrected chi connectivity index (χ0v) is 10.2. The maximum absolute atomic E-state index is 11.0. The van der Waals surface area contributed by atoms with Crippen molar-refractivity contribution in [2.24, 2.45) is 12.8 Å². The third kappa shape index (κ3) is 1.99. The van der Waals surface area contributed by atoms with Crippen molar-refractivity contribution < 1.29 is 4.79 Å². The van der Waals surface area contributed by atoms with Gasteiger partial charge in [-0.05, 0) is 18.2 Å². The molecule has 0 radical (unpaired) electrons. The van der Waals surface area contributed by atoms with Gasteiger partial charge >= 0.3 is 0 Å². The second kappa shape index (κ2) is 4.09. The fourth-order valence-electron chi connectivity index (χ4n) is 1.51. The Bertz CT molecular complexity index is 548. The second-order valence-corrected chi connectivity index (χ2v) is 4.33. The van der Waals surface area contributed by atoms with E-state index < -0.39 is 5.91 Å². The lowest BCUT2D eigenvalue weighted by molar-refractivity contribution is 0.0995. The lowest BCUT2D eigenvalue weighted by Gasteiger charge is -2.01. The summed E-state index contributed by atoms with van der Waals surface area (Å²) in [5.74, 6) is -0.517. The Balaban J connectivity index is 2.52. The number of nitrogens with zero attached hydrogens (tertiary/aromatic N) is 2. The van der Waals surface area contributed by atoms with E-state index in [2.05, 4.69) is 21.0 Å². The molecule has 0 bridgehead atoms. The number of aryl methyl sites for hydroxylation is 1. The van der Waals surface area contributed by atoms with Crippen molar-refractivity contribution in [3.8, 4) is 11.3 Å². The van der Waals surface area contributed by atoms with E-state index in [0.717, 1.165) is 15.7 Å². The molecule has 1 heterocycles. The molecule has 5 heteroatoms. The van der Waals surface area contributed by atoms with Gasteiger partial charge in [-0.15, -0.1) is 0 Å². The van der Waals surface area contributed by atoms with Crippen LogP contribution in [0.2, 0.25) is 0 Å². The number of rotatable bonds is 2. The van der Waals surface area contributed by atoms with Gasteiger partial charge in [0.2, 0.25) is 0 Å². The fourth-order valence-corrected chi connectivity index (χ4v) is 1.90. The minimum Gasteiger partial charge on any atom is -0.364 e. The molecule has 1 amide bonds. The molecule has 1 aromatic heterocycles. The summed E-state index contributed by atoms with van der Waals surface area (Å²) < 4.78 is 2.62. The summed E-state index contributed by atoms with van der Waals surface area (Å²) in [7, 11) is 1.78. The van der Waals surface area contributed by atoms with Crippen LogP contribution in [0.4, 0.5) is 0 Å². The van der Waals surface area contributed by atoms with E-state index in [4.69, 9.17) is 5.73 Å². The Kier molecular flexibility index (Phi) is 2.78. The lowest BCUT2D eigenvalue weighted by atomic mass is 10.1. The molecule has 0 spiro atoms. The van der Waals surface area contributed by atoms with E-state index >= 15 is 0 Å². The molecule has 0 aliphatic rings. The number of amides is 1. The molecule has 0 saturated carbocycles. The van der Waals surface area contributed by atoms with Gasteiger partial charge in [0.15, 0.2) is 5.69 Å². The number of aromatic nitrogens is 2. The first kappa shape index (κ1) is 10.9. The molecular weight excluding hydrogens is 270 g/mol. The van der Waals surface area contributed by atoms with Crippen LogP contribution >= 0.6 is 15.9 Å². The fraction of sp³-hybridized carbons (Fsp3) is 0.0909. The van der Waals surface area contributed by atoms with E-state index in [1.54, 1.807) is 17.8 Å². The molecule has 0 fully saturated rings. The van der Waals surface area contributed by atoms with Crippen molar-refractivity contribution >= 4 is 21.8 Å². The molecule has 0 aliphatic heterocycles. The maximum atomic E-state index is 11.0. The number of hydrogen-bond acceptors (Lipinski definition) is 2. The average molecular weight is 280 g/mol. The highest BCUT2D eigenvalue weighted by Gasteiger charge is 2.10. The van der Waals surface area contributed by atoms with E-state index in [0.29, 0.717) is 0 Å². The van der Waals surface area contributed by atoms with Gasteiger partial charge in [-0.1, -0.05) is 28.1 Å². The minimum absolute atomic E-state index is 0.275. The number of primary amides is 1. The van der Waals surface area contributed by atoms with Gasteiger partial charge < -0.3 is 5.73 Å². The van der Waals surface area contributed by atoms with E-state index in [1.165, 1.54) is 0 Å². The van der Waals surface area contributed by atoms with Crippen LogP contribution in [0, 0.1) is 0 Å². The van der Waals surface area contributed by atoms with Crippen LogP contribution in [0.1, 0.15) is 10.5 Å². The van der Waals surface area contributed by atoms with Crippen LogP contribution in [0.3, 0.4) is 0 Å². The number of nitrogens with two attached hydrogens (primary N) is 1. The van der Waals surface area contributed by atoms with Crippen LogP contribution in [0.25, 0.3) is 11.3 Å². The zero-order valence-electron chi connectivity index (χ0n) is 8.64. The van der Waals surface area contributed by atoms with E-state index in [-0.39, 0.29) is 5.69 Å². The number of benzene rings is 1. The van der Waals surface area contributed by atoms with Crippen molar-refractivity contribution in [1.29, 1.82) is 0 Å². The summed E-state index contributed by atoms with van der Waals surface area (Å²) in [6.45, 7) is 0. The largest absolute Gasteiger partial charge is 0.364 e. The predicted molar refractivity (Wildman–Crippen MR) is 64.9 cm³/mol. The van der Waals surface area contributed by atoms with Gasteiger partial charge in [0, 0.05) is 17.1 Å². The van der Waals surface area contributed by atoms with Gasteiger partial charge in [-0.25, -0.2) is 0 Å². The first-order valence-electron chi connectivity index (χ1n) is 4.67. The third-order valence-electron chi connectivity index (χ3n) is 2.25. The monoisotopic (exact) mass is 279 g/mol. The van der Waals surface area contributed by atoms with Gasteiger partial charge in [0.05, 0.1) is 5.69 Å². The van der Waals surface area contributed by atoms with Crippen molar-refractivity contribution in [2.75, 3.05) is 0 Å². The van der Waals surface area contributed by atoms with E-state index in [1.807, 2.05) is 24.3 Å². The zero-order chi connectivity index (χ0) is 11.7. The van der Waals surface area contributed by atoms with Crippen molar-refractivity contribution in [3.05, 3.63) is 40.5 Å². The normalized spacial score (nSPS) is 10.4. The highest BCUT2D eigenvalue weighted by Crippen LogP contribution is 2.23. The Morgan fingerprint density at radius 2 is 2.19 bits per heavy atom. The molecule has 0 saturated heterocycles. The molecule has 0 unspecified atom stereocenters. The second-order valence-electron chi connectivity index (χ2n) is 3.41. The number of carbonyl (C=O) groups is 1. The quantitative estimate of drug-likeness (QED) is 0.913. The highest BCUT2D eigenvalue weighted by molar-refractivity contribution is 9.10. The molecule has 4 nitrogen and oxygen atoms in total. The number of carbonyl (C=O) groups excluding carboxylic acids is 1. The summed E-state index contributed by atoms with van der Waals surface area (Å²) in [5, 5.41) is 4.04. The predicted octanol–water partition coefficient (Wildman–Crippen LogP) is 1.95. The third-order valence-corrected chi connectivity index (χ3v) is 2.75. The maximum Gasteiger partial charge on any atom is 0.269 e. The van der Waals surface area contributed by atoms with Crippen LogP contribution in [-0.2, 0) is 7.05 Å². The highest BCUT2D eigenvalue weighted by atomic mass is 79.9. The molecule has 2 aromatic rings. The minimum atomic E-state index is -0.517. The van der Waals surface area contributed by atoms with Gasteiger partial charge in [0.25, 0.3) is 5.91 Å². The number of hydrogen-bond donors (Lipinski definition) is 1. The average Bonchev–Trinajstić information content (AvgIpc) is 2.60. The van der Waals surface area contributed by atoms with Gasteiger partial charge in [0.1, 0.15) is 0 Å². The van der Waals surface area contributed by atoms with Crippen molar-refractivity contribution in [3.63, 3.8) is 0 Å². The van der Waals surface area contributed by atoms with Crippen LogP contribution in [-0.4, -0.2) is 15.7 Å². The molecule has 2 N–H and O–H groups in total. The van der Waals surface area contributed by atoms with Gasteiger partial charge in [-0.3, -0.25) is 9.48 Å². The molecule has 1 aromatic carbocycles. The summed E-state index contributed by atoms with van der Waals surface area (Å²) >= 11 is 3.40. The van der Waals surface area contributed by atoms with Crippen LogP contribution in [0.5, 0.6) is 0 Å².